The highest BCUT2D eigenvalue weighted by molar-refractivity contribution is 6.30. The van der Waals surface area contributed by atoms with Crippen molar-refractivity contribution in [1.29, 1.82) is 0 Å². The Morgan fingerprint density at radius 3 is 2.93 bits per heavy atom. The lowest BCUT2D eigenvalue weighted by atomic mass is 10.3. The van der Waals surface area contributed by atoms with Gasteiger partial charge in [-0.1, -0.05) is 17.7 Å². The van der Waals surface area contributed by atoms with Crippen LogP contribution >= 0.6 is 11.6 Å². The largest absolute Gasteiger partial charge is 0.396 e. The van der Waals surface area contributed by atoms with Crippen LogP contribution in [-0.4, -0.2) is 17.6 Å². The summed E-state index contributed by atoms with van der Waals surface area (Å²) in [6.07, 6.45) is 0.801. The zero-order chi connectivity index (χ0) is 10.4. The Morgan fingerprint density at radius 1 is 1.50 bits per heavy atom. The highest BCUT2D eigenvalue weighted by Crippen LogP contribution is 2.14. The van der Waals surface area contributed by atoms with Crippen LogP contribution in [0.5, 0.6) is 0 Å². The summed E-state index contributed by atoms with van der Waals surface area (Å²) in [5.41, 5.74) is 0.681. The van der Waals surface area contributed by atoms with Gasteiger partial charge in [0.15, 0.2) is 0 Å². The molecule has 0 radical (unpaired) electrons. The minimum Gasteiger partial charge on any atom is -0.396 e. The van der Waals surface area contributed by atoms with Crippen molar-refractivity contribution in [2.75, 3.05) is 11.9 Å². The summed E-state index contributed by atoms with van der Waals surface area (Å²) >= 11 is 5.74. The molecule has 2 N–H and O–H groups in total. The minimum absolute atomic E-state index is 0.0307. The van der Waals surface area contributed by atoms with E-state index in [1.54, 1.807) is 24.3 Å². The first-order valence-electron chi connectivity index (χ1n) is 4.38. The Bertz CT molecular complexity index is 315. The number of anilines is 1. The fourth-order valence-corrected chi connectivity index (χ4v) is 1.22. The minimum atomic E-state index is -0.110. The van der Waals surface area contributed by atoms with Gasteiger partial charge in [0, 0.05) is 23.7 Å². The highest BCUT2D eigenvalue weighted by Gasteiger charge is 2.01. The molecular formula is C10H12ClNO2. The Balaban J connectivity index is 2.47. The zero-order valence-electron chi connectivity index (χ0n) is 7.66. The van der Waals surface area contributed by atoms with Gasteiger partial charge in [0.2, 0.25) is 5.91 Å². The number of hydrogen-bond acceptors (Lipinski definition) is 2. The Labute approximate surface area is 87.7 Å². The number of benzene rings is 1. The molecule has 3 nitrogen and oxygen atoms in total. The Hall–Kier alpha value is -1.06. The van der Waals surface area contributed by atoms with Gasteiger partial charge >= 0.3 is 0 Å². The second-order valence-corrected chi connectivity index (χ2v) is 3.32. The van der Waals surface area contributed by atoms with Crippen molar-refractivity contribution in [3.63, 3.8) is 0 Å². The quantitative estimate of drug-likeness (QED) is 0.804. The molecule has 0 bridgehead atoms. The number of aliphatic hydroxyl groups excluding tert-OH is 1. The van der Waals surface area contributed by atoms with Crippen LogP contribution in [-0.2, 0) is 4.79 Å². The molecule has 0 unspecified atom stereocenters. The van der Waals surface area contributed by atoms with E-state index in [0.29, 0.717) is 23.6 Å². The molecule has 0 atom stereocenters. The van der Waals surface area contributed by atoms with Gasteiger partial charge in [0.1, 0.15) is 0 Å². The molecule has 1 amide bonds. The number of hydrogen-bond donors (Lipinski definition) is 2. The van der Waals surface area contributed by atoms with E-state index in [2.05, 4.69) is 5.32 Å². The average Bonchev–Trinajstić information content (AvgIpc) is 2.15. The molecule has 14 heavy (non-hydrogen) atoms. The lowest BCUT2D eigenvalue weighted by Gasteiger charge is -2.04. The van der Waals surface area contributed by atoms with E-state index < -0.39 is 0 Å². The third-order valence-corrected chi connectivity index (χ3v) is 1.91. The number of rotatable bonds is 4. The summed E-state index contributed by atoms with van der Waals surface area (Å²) in [5.74, 6) is -0.110. The molecule has 4 heteroatoms. The summed E-state index contributed by atoms with van der Waals surface area (Å²) < 4.78 is 0. The van der Waals surface area contributed by atoms with Crippen LogP contribution in [0, 0.1) is 0 Å². The average molecular weight is 214 g/mol. The van der Waals surface area contributed by atoms with Crippen molar-refractivity contribution in [3.05, 3.63) is 29.3 Å². The summed E-state index contributed by atoms with van der Waals surface area (Å²) in [6, 6.07) is 6.95. The smallest absolute Gasteiger partial charge is 0.224 e. The first-order valence-corrected chi connectivity index (χ1v) is 4.76. The maximum Gasteiger partial charge on any atom is 0.224 e. The van der Waals surface area contributed by atoms with Crippen LogP contribution in [0.15, 0.2) is 24.3 Å². The lowest BCUT2D eigenvalue weighted by molar-refractivity contribution is -0.116. The summed E-state index contributed by atoms with van der Waals surface area (Å²) in [5, 5.41) is 11.8. The maximum absolute atomic E-state index is 11.2. The van der Waals surface area contributed by atoms with E-state index >= 15 is 0 Å². The first-order chi connectivity index (χ1) is 6.72. The van der Waals surface area contributed by atoms with E-state index in [1.165, 1.54) is 0 Å². The Kier molecular flexibility index (Phi) is 4.43. The molecule has 1 aromatic rings. The first kappa shape index (κ1) is 11.0. The molecule has 0 aliphatic rings. The van der Waals surface area contributed by atoms with Crippen molar-refractivity contribution >= 4 is 23.2 Å². The molecular weight excluding hydrogens is 202 g/mol. The standard InChI is InChI=1S/C10H12ClNO2/c11-8-3-1-4-9(7-8)12-10(14)5-2-6-13/h1,3-4,7,13H,2,5-6H2,(H,12,14). The second kappa shape index (κ2) is 5.62. The fourth-order valence-electron chi connectivity index (χ4n) is 1.03. The van der Waals surface area contributed by atoms with Crippen molar-refractivity contribution in [2.45, 2.75) is 12.8 Å². The van der Waals surface area contributed by atoms with Crippen LogP contribution in [0.2, 0.25) is 5.02 Å². The summed E-state index contributed by atoms with van der Waals surface area (Å²) in [6.45, 7) is 0.0307. The normalized spacial score (nSPS) is 9.86. The monoisotopic (exact) mass is 213 g/mol. The van der Waals surface area contributed by atoms with Crippen LogP contribution in [0.4, 0.5) is 5.69 Å². The van der Waals surface area contributed by atoms with Crippen LogP contribution in [0.1, 0.15) is 12.8 Å². The number of halogens is 1. The summed E-state index contributed by atoms with van der Waals surface area (Å²) in [4.78, 5) is 11.2. The molecule has 76 valence electrons. The number of aliphatic hydroxyl groups is 1. The van der Waals surface area contributed by atoms with E-state index in [0.717, 1.165) is 0 Å². The molecule has 1 aromatic carbocycles. The van der Waals surface area contributed by atoms with E-state index in [1.807, 2.05) is 0 Å². The van der Waals surface area contributed by atoms with Gasteiger partial charge in [-0.05, 0) is 24.6 Å². The van der Waals surface area contributed by atoms with Crippen molar-refractivity contribution in [2.24, 2.45) is 0 Å². The van der Waals surface area contributed by atoms with Crippen molar-refractivity contribution in [3.8, 4) is 0 Å². The highest BCUT2D eigenvalue weighted by atomic mass is 35.5. The van der Waals surface area contributed by atoms with Crippen LogP contribution < -0.4 is 5.32 Å². The van der Waals surface area contributed by atoms with Gasteiger partial charge in [0.25, 0.3) is 0 Å². The van der Waals surface area contributed by atoms with E-state index in [-0.39, 0.29) is 12.5 Å². The van der Waals surface area contributed by atoms with Crippen LogP contribution in [0.25, 0.3) is 0 Å². The molecule has 0 heterocycles. The molecule has 0 aromatic heterocycles. The van der Waals surface area contributed by atoms with Gasteiger partial charge in [-0.25, -0.2) is 0 Å². The van der Waals surface area contributed by atoms with E-state index in [4.69, 9.17) is 16.7 Å². The molecule has 0 spiro atoms. The van der Waals surface area contributed by atoms with Gasteiger partial charge < -0.3 is 10.4 Å². The van der Waals surface area contributed by atoms with Crippen molar-refractivity contribution in [1.82, 2.24) is 0 Å². The van der Waals surface area contributed by atoms with Gasteiger partial charge in [-0.15, -0.1) is 0 Å². The molecule has 0 aliphatic heterocycles. The number of nitrogens with one attached hydrogen (secondary N) is 1. The predicted molar refractivity (Wildman–Crippen MR) is 56.4 cm³/mol. The second-order valence-electron chi connectivity index (χ2n) is 2.89. The molecule has 0 aliphatic carbocycles. The molecule has 1 rings (SSSR count). The fraction of sp³-hybridized carbons (Fsp3) is 0.300. The maximum atomic E-state index is 11.2. The molecule has 0 fully saturated rings. The van der Waals surface area contributed by atoms with E-state index in [9.17, 15) is 4.79 Å². The van der Waals surface area contributed by atoms with Crippen molar-refractivity contribution < 1.29 is 9.90 Å². The topological polar surface area (TPSA) is 49.3 Å². The van der Waals surface area contributed by atoms with Crippen LogP contribution in [0.3, 0.4) is 0 Å². The molecule has 0 saturated carbocycles. The SMILES string of the molecule is O=C(CCCO)Nc1cccc(Cl)c1. The summed E-state index contributed by atoms with van der Waals surface area (Å²) in [7, 11) is 0. The third kappa shape index (κ3) is 3.77. The third-order valence-electron chi connectivity index (χ3n) is 1.67. The molecule has 0 saturated heterocycles. The van der Waals surface area contributed by atoms with Gasteiger partial charge in [-0.2, -0.15) is 0 Å². The number of amides is 1. The zero-order valence-corrected chi connectivity index (χ0v) is 8.42. The lowest BCUT2D eigenvalue weighted by Crippen LogP contribution is -2.11. The van der Waals surface area contributed by atoms with Gasteiger partial charge in [0.05, 0.1) is 0 Å². The van der Waals surface area contributed by atoms with Gasteiger partial charge in [-0.3, -0.25) is 4.79 Å². The predicted octanol–water partition coefficient (Wildman–Crippen LogP) is 2.05. The number of carbonyl (C=O) groups is 1. The Morgan fingerprint density at radius 2 is 2.29 bits per heavy atom. The number of carbonyl (C=O) groups excluding carboxylic acids is 1.